The molecule has 7 heteroatoms. The Morgan fingerprint density at radius 3 is 2.84 bits per heavy atom. The first-order valence-corrected chi connectivity index (χ1v) is 7.04. The lowest BCUT2D eigenvalue weighted by molar-refractivity contribution is -0.119. The molecule has 0 radical (unpaired) electrons. The summed E-state index contributed by atoms with van der Waals surface area (Å²) >= 11 is 1.27. The van der Waals surface area contributed by atoms with E-state index < -0.39 is 5.97 Å². The van der Waals surface area contributed by atoms with Gasteiger partial charge in [-0.1, -0.05) is 13.8 Å². The van der Waals surface area contributed by atoms with Crippen LogP contribution in [0.1, 0.15) is 31.3 Å². The SMILES string of the molecule is CCOC(=O)c1csc(NCC(=O)NCC(C)C)n1. The fourth-order valence-corrected chi connectivity index (χ4v) is 1.87. The minimum absolute atomic E-state index is 0.0958. The number of nitrogens with one attached hydrogen (secondary N) is 2. The summed E-state index contributed by atoms with van der Waals surface area (Å²) in [6.07, 6.45) is 0. The van der Waals surface area contributed by atoms with Gasteiger partial charge in [0.1, 0.15) is 0 Å². The van der Waals surface area contributed by atoms with Crippen LogP contribution in [0, 0.1) is 5.92 Å². The van der Waals surface area contributed by atoms with Crippen molar-refractivity contribution >= 4 is 28.3 Å². The third kappa shape index (κ3) is 5.69. The van der Waals surface area contributed by atoms with Crippen molar-refractivity contribution in [3.05, 3.63) is 11.1 Å². The van der Waals surface area contributed by atoms with Crippen molar-refractivity contribution in [3.8, 4) is 0 Å². The van der Waals surface area contributed by atoms with E-state index in [1.807, 2.05) is 13.8 Å². The van der Waals surface area contributed by atoms with E-state index in [9.17, 15) is 9.59 Å². The molecule has 19 heavy (non-hydrogen) atoms. The number of thiazole rings is 1. The maximum atomic E-state index is 11.5. The third-order valence-corrected chi connectivity index (χ3v) is 2.90. The zero-order valence-corrected chi connectivity index (χ0v) is 12.2. The molecule has 6 nitrogen and oxygen atoms in total. The van der Waals surface area contributed by atoms with E-state index in [4.69, 9.17) is 4.74 Å². The average molecular weight is 285 g/mol. The Kier molecular flexibility index (Phi) is 6.27. The monoisotopic (exact) mass is 285 g/mol. The molecule has 0 aliphatic rings. The number of nitrogens with zero attached hydrogens (tertiary/aromatic N) is 1. The highest BCUT2D eigenvalue weighted by Gasteiger charge is 2.11. The van der Waals surface area contributed by atoms with E-state index in [0.717, 1.165) is 0 Å². The molecular weight excluding hydrogens is 266 g/mol. The number of ether oxygens (including phenoxy) is 1. The molecule has 1 rings (SSSR count). The van der Waals surface area contributed by atoms with Crippen LogP contribution in [0.15, 0.2) is 5.38 Å². The summed E-state index contributed by atoms with van der Waals surface area (Å²) in [5.74, 6) is -0.128. The van der Waals surface area contributed by atoms with Crippen LogP contribution in [0.3, 0.4) is 0 Å². The number of esters is 1. The van der Waals surface area contributed by atoms with Gasteiger partial charge in [-0.15, -0.1) is 11.3 Å². The lowest BCUT2D eigenvalue weighted by Gasteiger charge is -2.07. The van der Waals surface area contributed by atoms with E-state index in [-0.39, 0.29) is 18.1 Å². The molecular formula is C12H19N3O3S. The molecule has 0 unspecified atom stereocenters. The van der Waals surface area contributed by atoms with Crippen molar-refractivity contribution < 1.29 is 14.3 Å². The summed E-state index contributed by atoms with van der Waals surface area (Å²) in [5.41, 5.74) is 0.261. The summed E-state index contributed by atoms with van der Waals surface area (Å²) < 4.78 is 4.83. The van der Waals surface area contributed by atoms with Crippen LogP contribution in [0.25, 0.3) is 0 Å². The van der Waals surface area contributed by atoms with Crippen molar-refractivity contribution in [2.45, 2.75) is 20.8 Å². The molecule has 0 saturated heterocycles. The van der Waals surface area contributed by atoms with Crippen molar-refractivity contribution in [3.63, 3.8) is 0 Å². The highest BCUT2D eigenvalue weighted by molar-refractivity contribution is 7.13. The molecule has 0 bridgehead atoms. The molecule has 1 aromatic rings. The highest BCUT2D eigenvalue weighted by atomic mass is 32.1. The summed E-state index contributed by atoms with van der Waals surface area (Å²) in [7, 11) is 0. The Labute approximate surface area is 116 Å². The number of anilines is 1. The maximum Gasteiger partial charge on any atom is 0.357 e. The standard InChI is InChI=1S/C12H19N3O3S/c1-4-18-11(17)9-7-19-12(15-9)14-6-10(16)13-5-8(2)3/h7-8H,4-6H2,1-3H3,(H,13,16)(H,14,15). The van der Waals surface area contributed by atoms with Crippen molar-refractivity contribution in [1.29, 1.82) is 0 Å². The molecule has 0 spiro atoms. The fraction of sp³-hybridized carbons (Fsp3) is 0.583. The van der Waals surface area contributed by atoms with Gasteiger partial charge in [0, 0.05) is 11.9 Å². The van der Waals surface area contributed by atoms with E-state index in [0.29, 0.717) is 24.2 Å². The van der Waals surface area contributed by atoms with Crippen molar-refractivity contribution in [2.24, 2.45) is 5.92 Å². The summed E-state index contributed by atoms with van der Waals surface area (Å²) in [5, 5.41) is 7.79. The Morgan fingerprint density at radius 2 is 2.21 bits per heavy atom. The van der Waals surface area contributed by atoms with E-state index in [1.54, 1.807) is 12.3 Å². The van der Waals surface area contributed by atoms with Gasteiger partial charge >= 0.3 is 5.97 Å². The van der Waals surface area contributed by atoms with Crippen LogP contribution in [-0.4, -0.2) is 36.6 Å². The number of hydrogen-bond donors (Lipinski definition) is 2. The van der Waals surface area contributed by atoms with E-state index in [2.05, 4.69) is 15.6 Å². The van der Waals surface area contributed by atoms with Crippen LogP contribution in [-0.2, 0) is 9.53 Å². The first kappa shape index (κ1) is 15.4. The van der Waals surface area contributed by atoms with Crippen LogP contribution in [0.5, 0.6) is 0 Å². The molecule has 1 heterocycles. The zero-order valence-electron chi connectivity index (χ0n) is 11.4. The van der Waals surface area contributed by atoms with Gasteiger partial charge in [-0.2, -0.15) is 0 Å². The summed E-state index contributed by atoms with van der Waals surface area (Å²) in [6.45, 7) is 6.90. The van der Waals surface area contributed by atoms with Crippen LogP contribution < -0.4 is 10.6 Å². The fourth-order valence-electron chi connectivity index (χ4n) is 1.19. The first-order valence-electron chi connectivity index (χ1n) is 6.16. The van der Waals surface area contributed by atoms with Crippen molar-refractivity contribution in [1.82, 2.24) is 10.3 Å². The lowest BCUT2D eigenvalue weighted by atomic mass is 10.2. The Morgan fingerprint density at radius 1 is 1.47 bits per heavy atom. The highest BCUT2D eigenvalue weighted by Crippen LogP contribution is 2.15. The molecule has 0 atom stereocenters. The lowest BCUT2D eigenvalue weighted by Crippen LogP contribution is -2.32. The van der Waals surface area contributed by atoms with Crippen LogP contribution in [0.4, 0.5) is 5.13 Å². The summed E-state index contributed by atoms with van der Waals surface area (Å²) in [4.78, 5) is 26.9. The molecule has 0 aliphatic carbocycles. The van der Waals surface area contributed by atoms with Gasteiger partial charge in [0.05, 0.1) is 13.2 Å². The van der Waals surface area contributed by atoms with Gasteiger partial charge in [-0.25, -0.2) is 9.78 Å². The first-order chi connectivity index (χ1) is 9.02. The van der Waals surface area contributed by atoms with Gasteiger partial charge < -0.3 is 15.4 Å². The quantitative estimate of drug-likeness (QED) is 0.742. The Balaban J connectivity index is 2.37. The molecule has 106 valence electrons. The molecule has 0 aromatic carbocycles. The molecule has 0 saturated carbocycles. The molecule has 2 N–H and O–H groups in total. The topological polar surface area (TPSA) is 80.3 Å². The normalized spacial score (nSPS) is 10.3. The second-order valence-electron chi connectivity index (χ2n) is 4.31. The predicted molar refractivity (Wildman–Crippen MR) is 74.4 cm³/mol. The maximum absolute atomic E-state index is 11.5. The number of hydrogen-bond acceptors (Lipinski definition) is 6. The van der Waals surface area contributed by atoms with Crippen LogP contribution in [0.2, 0.25) is 0 Å². The minimum Gasteiger partial charge on any atom is -0.461 e. The second-order valence-corrected chi connectivity index (χ2v) is 5.17. The van der Waals surface area contributed by atoms with Gasteiger partial charge in [0.2, 0.25) is 5.91 Å². The second kappa shape index (κ2) is 7.73. The largest absolute Gasteiger partial charge is 0.461 e. The van der Waals surface area contributed by atoms with Crippen LogP contribution >= 0.6 is 11.3 Å². The smallest absolute Gasteiger partial charge is 0.357 e. The zero-order chi connectivity index (χ0) is 14.3. The number of carbonyl (C=O) groups excluding carboxylic acids is 2. The molecule has 1 amide bonds. The van der Waals surface area contributed by atoms with E-state index in [1.165, 1.54) is 11.3 Å². The number of rotatable bonds is 7. The molecule has 1 aromatic heterocycles. The van der Waals surface area contributed by atoms with Gasteiger partial charge in [0.25, 0.3) is 0 Å². The van der Waals surface area contributed by atoms with E-state index >= 15 is 0 Å². The third-order valence-electron chi connectivity index (χ3n) is 2.10. The number of amides is 1. The predicted octanol–water partition coefficient (Wildman–Crippen LogP) is 1.50. The van der Waals surface area contributed by atoms with Gasteiger partial charge in [0.15, 0.2) is 10.8 Å². The van der Waals surface area contributed by atoms with Gasteiger partial charge in [-0.05, 0) is 12.8 Å². The summed E-state index contributed by atoms with van der Waals surface area (Å²) in [6, 6.07) is 0. The molecule has 0 fully saturated rings. The van der Waals surface area contributed by atoms with Gasteiger partial charge in [-0.3, -0.25) is 4.79 Å². The minimum atomic E-state index is -0.448. The average Bonchev–Trinajstić information content (AvgIpc) is 2.83. The number of carbonyl (C=O) groups is 2. The number of aromatic nitrogens is 1. The van der Waals surface area contributed by atoms with Crippen molar-refractivity contribution in [2.75, 3.05) is 25.0 Å². The Hall–Kier alpha value is -1.63. The Bertz CT molecular complexity index is 432. The molecule has 0 aliphatic heterocycles.